The molecule has 162 valence electrons. The standard InChI is InChI=1S/C23H27N5O3/c1-14(2)28-21-18(13-24-28)17(11-15(3)25-21)22(29)26-19-12-16(23(30)31-4)7-8-20(19)27-9-5-6-10-27/h7-8,11-14H,5-6,9-10H2,1-4H3,(H,26,29). The van der Waals surface area contributed by atoms with Crippen LogP contribution in [0.3, 0.4) is 0 Å². The van der Waals surface area contributed by atoms with E-state index in [4.69, 9.17) is 4.74 Å². The van der Waals surface area contributed by atoms with Gasteiger partial charge in [0.15, 0.2) is 5.65 Å². The number of amides is 1. The van der Waals surface area contributed by atoms with Crippen LogP contribution in [-0.4, -0.2) is 46.8 Å². The number of benzene rings is 1. The fraction of sp³-hybridized carbons (Fsp3) is 0.391. The average molecular weight is 422 g/mol. The SMILES string of the molecule is COC(=O)c1ccc(N2CCCC2)c(NC(=O)c2cc(C)nc3c2cnn3C(C)C)c1. The molecule has 4 rings (SSSR count). The van der Waals surface area contributed by atoms with Crippen molar-refractivity contribution in [3.05, 3.63) is 47.3 Å². The first-order valence-electron chi connectivity index (χ1n) is 10.5. The van der Waals surface area contributed by atoms with E-state index in [1.165, 1.54) is 7.11 Å². The molecule has 1 amide bonds. The number of methoxy groups -OCH3 is 1. The number of nitrogens with one attached hydrogen (secondary N) is 1. The van der Waals surface area contributed by atoms with E-state index in [9.17, 15) is 9.59 Å². The third-order valence-corrected chi connectivity index (χ3v) is 5.54. The highest BCUT2D eigenvalue weighted by Gasteiger charge is 2.22. The van der Waals surface area contributed by atoms with Crippen LogP contribution in [0.4, 0.5) is 11.4 Å². The number of hydrogen-bond acceptors (Lipinski definition) is 6. The molecule has 0 spiro atoms. The fourth-order valence-electron chi connectivity index (χ4n) is 4.01. The lowest BCUT2D eigenvalue weighted by molar-refractivity contribution is 0.0600. The number of rotatable bonds is 5. The maximum atomic E-state index is 13.4. The van der Waals surface area contributed by atoms with Gasteiger partial charge in [0.25, 0.3) is 5.91 Å². The van der Waals surface area contributed by atoms with Crippen LogP contribution < -0.4 is 10.2 Å². The lowest BCUT2D eigenvalue weighted by Crippen LogP contribution is -2.22. The van der Waals surface area contributed by atoms with Gasteiger partial charge in [-0.2, -0.15) is 5.10 Å². The Kier molecular flexibility index (Phi) is 5.63. The van der Waals surface area contributed by atoms with Gasteiger partial charge >= 0.3 is 5.97 Å². The van der Waals surface area contributed by atoms with Gasteiger partial charge in [-0.05, 0) is 57.9 Å². The summed E-state index contributed by atoms with van der Waals surface area (Å²) in [5, 5.41) is 8.15. The Morgan fingerprint density at radius 1 is 1.16 bits per heavy atom. The molecule has 1 aliphatic heterocycles. The highest BCUT2D eigenvalue weighted by Crippen LogP contribution is 2.31. The van der Waals surface area contributed by atoms with E-state index in [1.807, 2.05) is 31.5 Å². The van der Waals surface area contributed by atoms with Crippen LogP contribution in [0.5, 0.6) is 0 Å². The number of carbonyl (C=O) groups excluding carboxylic acids is 2. The molecule has 3 aromatic rings. The van der Waals surface area contributed by atoms with Crippen LogP contribution in [0.2, 0.25) is 0 Å². The van der Waals surface area contributed by atoms with Crippen LogP contribution >= 0.6 is 0 Å². The van der Waals surface area contributed by atoms with E-state index in [2.05, 4.69) is 20.3 Å². The van der Waals surface area contributed by atoms with Gasteiger partial charge in [0.1, 0.15) is 0 Å². The maximum absolute atomic E-state index is 13.4. The number of esters is 1. The Bertz CT molecular complexity index is 1150. The van der Waals surface area contributed by atoms with Crippen molar-refractivity contribution in [1.29, 1.82) is 0 Å². The molecule has 1 saturated heterocycles. The normalized spacial score (nSPS) is 13.8. The zero-order valence-electron chi connectivity index (χ0n) is 18.3. The molecule has 0 saturated carbocycles. The van der Waals surface area contributed by atoms with Crippen LogP contribution in [0.25, 0.3) is 11.0 Å². The zero-order valence-corrected chi connectivity index (χ0v) is 18.3. The molecule has 0 unspecified atom stereocenters. The number of carbonyl (C=O) groups is 2. The summed E-state index contributed by atoms with van der Waals surface area (Å²) in [6.07, 6.45) is 3.89. The number of hydrogen-bond donors (Lipinski definition) is 1. The molecule has 1 aromatic carbocycles. The summed E-state index contributed by atoms with van der Waals surface area (Å²) in [5.74, 6) is -0.704. The highest BCUT2D eigenvalue weighted by atomic mass is 16.5. The number of ether oxygens (including phenoxy) is 1. The second kappa shape index (κ2) is 8.37. The summed E-state index contributed by atoms with van der Waals surface area (Å²) in [4.78, 5) is 32.2. The molecule has 1 fully saturated rings. The molecule has 8 heteroatoms. The second-order valence-electron chi connectivity index (χ2n) is 8.10. The van der Waals surface area contributed by atoms with Gasteiger partial charge in [-0.15, -0.1) is 0 Å². The Morgan fingerprint density at radius 3 is 2.58 bits per heavy atom. The van der Waals surface area contributed by atoms with Crippen molar-refractivity contribution in [3.8, 4) is 0 Å². The van der Waals surface area contributed by atoms with Gasteiger partial charge in [0, 0.05) is 24.8 Å². The largest absolute Gasteiger partial charge is 0.465 e. The molecular weight excluding hydrogens is 394 g/mol. The number of nitrogens with zero attached hydrogens (tertiary/aromatic N) is 4. The predicted molar refractivity (Wildman–Crippen MR) is 120 cm³/mol. The number of aromatic nitrogens is 3. The van der Waals surface area contributed by atoms with Gasteiger partial charge in [-0.3, -0.25) is 4.79 Å². The summed E-state index contributed by atoms with van der Waals surface area (Å²) in [6.45, 7) is 7.75. The van der Waals surface area contributed by atoms with Gasteiger partial charge in [0.05, 0.1) is 41.2 Å². The van der Waals surface area contributed by atoms with Crippen molar-refractivity contribution in [2.75, 3.05) is 30.4 Å². The van der Waals surface area contributed by atoms with Gasteiger partial charge in [0.2, 0.25) is 0 Å². The lowest BCUT2D eigenvalue weighted by Gasteiger charge is -2.22. The first kappa shape index (κ1) is 20.8. The fourth-order valence-corrected chi connectivity index (χ4v) is 4.01. The predicted octanol–water partition coefficient (Wildman–Crippen LogP) is 3.96. The summed E-state index contributed by atoms with van der Waals surface area (Å²) in [6, 6.07) is 7.18. The monoisotopic (exact) mass is 421 g/mol. The third kappa shape index (κ3) is 3.97. The van der Waals surface area contributed by atoms with Gasteiger partial charge < -0.3 is 15.0 Å². The second-order valence-corrected chi connectivity index (χ2v) is 8.10. The summed E-state index contributed by atoms with van der Waals surface area (Å²) < 4.78 is 6.67. The van der Waals surface area contributed by atoms with Crippen LogP contribution in [-0.2, 0) is 4.74 Å². The van der Waals surface area contributed by atoms with Crippen molar-refractivity contribution in [1.82, 2.24) is 14.8 Å². The minimum atomic E-state index is -0.441. The molecule has 0 bridgehead atoms. The van der Waals surface area contributed by atoms with Crippen LogP contribution in [0.15, 0.2) is 30.5 Å². The molecule has 2 aromatic heterocycles. The highest BCUT2D eigenvalue weighted by molar-refractivity contribution is 6.13. The smallest absolute Gasteiger partial charge is 0.337 e. The first-order chi connectivity index (χ1) is 14.9. The number of pyridine rings is 1. The number of aryl methyl sites for hydroxylation is 1. The van der Waals surface area contributed by atoms with E-state index >= 15 is 0 Å². The summed E-state index contributed by atoms with van der Waals surface area (Å²) in [7, 11) is 1.35. The Balaban J connectivity index is 1.75. The maximum Gasteiger partial charge on any atom is 0.337 e. The zero-order chi connectivity index (χ0) is 22.1. The van der Waals surface area contributed by atoms with Crippen molar-refractivity contribution < 1.29 is 14.3 Å². The topological polar surface area (TPSA) is 89.3 Å². The Hall–Kier alpha value is -3.42. The van der Waals surface area contributed by atoms with Crippen molar-refractivity contribution in [2.45, 2.75) is 39.7 Å². The molecule has 3 heterocycles. The molecule has 1 aliphatic rings. The van der Waals surface area contributed by atoms with E-state index in [0.29, 0.717) is 27.8 Å². The number of fused-ring (bicyclic) bond motifs is 1. The Labute approximate surface area is 181 Å². The van der Waals surface area contributed by atoms with E-state index in [0.717, 1.165) is 37.3 Å². The molecule has 0 aliphatic carbocycles. The van der Waals surface area contributed by atoms with Gasteiger partial charge in [-0.1, -0.05) is 0 Å². The minimum Gasteiger partial charge on any atom is -0.465 e. The molecule has 31 heavy (non-hydrogen) atoms. The average Bonchev–Trinajstić information content (AvgIpc) is 3.42. The van der Waals surface area contributed by atoms with E-state index < -0.39 is 5.97 Å². The molecule has 1 N–H and O–H groups in total. The quantitative estimate of drug-likeness (QED) is 0.627. The van der Waals surface area contributed by atoms with Crippen LogP contribution in [0, 0.1) is 6.92 Å². The van der Waals surface area contributed by atoms with Gasteiger partial charge in [-0.25, -0.2) is 14.5 Å². The minimum absolute atomic E-state index is 0.126. The summed E-state index contributed by atoms with van der Waals surface area (Å²) in [5.41, 5.74) is 3.81. The molecule has 0 radical (unpaired) electrons. The van der Waals surface area contributed by atoms with E-state index in [-0.39, 0.29) is 11.9 Å². The number of anilines is 2. The van der Waals surface area contributed by atoms with E-state index in [1.54, 1.807) is 24.4 Å². The molecular formula is C23H27N5O3. The van der Waals surface area contributed by atoms with Crippen LogP contribution in [0.1, 0.15) is 59.1 Å². The Morgan fingerprint density at radius 2 is 1.90 bits per heavy atom. The van der Waals surface area contributed by atoms with Crippen molar-refractivity contribution in [2.24, 2.45) is 0 Å². The first-order valence-corrected chi connectivity index (χ1v) is 10.5. The van der Waals surface area contributed by atoms with Crippen molar-refractivity contribution >= 4 is 34.3 Å². The summed E-state index contributed by atoms with van der Waals surface area (Å²) >= 11 is 0. The van der Waals surface area contributed by atoms with Crippen molar-refractivity contribution in [3.63, 3.8) is 0 Å². The molecule has 0 atom stereocenters. The third-order valence-electron chi connectivity index (χ3n) is 5.54. The lowest BCUT2D eigenvalue weighted by atomic mass is 10.1. The molecule has 8 nitrogen and oxygen atoms in total.